The molecular weight excluding hydrogens is 312 g/mol. The lowest BCUT2D eigenvalue weighted by atomic mass is 10.0. The standard InChI is InChI=1S/C17H20N2O5/c20-13-5-3-11(12-4-6-15(22)19-16(12)13)14(21)8-18-10-2-1-9(7-10)17(23)24/h3-6,9-10,14,18,20-21H,1-2,7-8H2,(H,19,22)(H,23,24)/t9-,10+,14+/m1/s1. The fourth-order valence-corrected chi connectivity index (χ4v) is 3.33. The van der Waals surface area contributed by atoms with Crippen molar-refractivity contribution in [1.29, 1.82) is 0 Å². The van der Waals surface area contributed by atoms with Crippen molar-refractivity contribution in [2.75, 3.05) is 6.54 Å². The molecule has 24 heavy (non-hydrogen) atoms. The number of carbonyl (C=O) groups is 1. The maximum Gasteiger partial charge on any atom is 0.306 e. The molecule has 0 bridgehead atoms. The summed E-state index contributed by atoms with van der Waals surface area (Å²) >= 11 is 0. The summed E-state index contributed by atoms with van der Waals surface area (Å²) in [7, 11) is 0. The fourth-order valence-electron chi connectivity index (χ4n) is 3.33. The SMILES string of the molecule is O=C(O)[C@@H]1CC[C@H](NC[C@H](O)c2ccc(O)c3[nH]c(=O)ccc23)C1. The first kappa shape index (κ1) is 16.5. The summed E-state index contributed by atoms with van der Waals surface area (Å²) < 4.78 is 0. The average Bonchev–Trinajstić information content (AvgIpc) is 3.03. The Bertz CT molecular complexity index is 816. The number of hydrogen-bond donors (Lipinski definition) is 5. The third-order valence-electron chi connectivity index (χ3n) is 4.65. The van der Waals surface area contributed by atoms with E-state index < -0.39 is 12.1 Å². The van der Waals surface area contributed by atoms with Gasteiger partial charge in [0.15, 0.2) is 0 Å². The van der Waals surface area contributed by atoms with Crippen LogP contribution in [-0.2, 0) is 4.79 Å². The van der Waals surface area contributed by atoms with Crippen LogP contribution in [0.15, 0.2) is 29.1 Å². The molecule has 0 saturated heterocycles. The second kappa shape index (κ2) is 6.62. The van der Waals surface area contributed by atoms with Crippen molar-refractivity contribution in [3.63, 3.8) is 0 Å². The molecule has 1 fully saturated rings. The Kier molecular flexibility index (Phi) is 4.55. The smallest absolute Gasteiger partial charge is 0.306 e. The number of H-pyrrole nitrogens is 1. The van der Waals surface area contributed by atoms with Crippen molar-refractivity contribution in [3.05, 3.63) is 40.2 Å². The van der Waals surface area contributed by atoms with Crippen LogP contribution in [-0.4, -0.2) is 38.9 Å². The number of aliphatic hydroxyl groups excluding tert-OH is 1. The van der Waals surface area contributed by atoms with E-state index in [2.05, 4.69) is 10.3 Å². The maximum absolute atomic E-state index is 11.4. The Morgan fingerprint density at radius 2 is 2.08 bits per heavy atom. The molecule has 5 N–H and O–H groups in total. The van der Waals surface area contributed by atoms with Gasteiger partial charge in [0.05, 0.1) is 17.5 Å². The van der Waals surface area contributed by atoms with E-state index in [1.165, 1.54) is 12.1 Å². The highest BCUT2D eigenvalue weighted by Gasteiger charge is 2.29. The normalized spacial score (nSPS) is 21.9. The molecule has 7 nitrogen and oxygen atoms in total. The molecule has 7 heteroatoms. The average molecular weight is 332 g/mol. The quantitative estimate of drug-likeness (QED) is 0.559. The van der Waals surface area contributed by atoms with E-state index >= 15 is 0 Å². The molecule has 0 unspecified atom stereocenters. The van der Waals surface area contributed by atoms with E-state index in [0.29, 0.717) is 29.3 Å². The number of pyridine rings is 1. The molecule has 128 valence electrons. The van der Waals surface area contributed by atoms with Crippen LogP contribution in [0.2, 0.25) is 0 Å². The molecule has 0 aliphatic heterocycles. The maximum atomic E-state index is 11.4. The highest BCUT2D eigenvalue weighted by atomic mass is 16.4. The molecule has 3 atom stereocenters. The van der Waals surface area contributed by atoms with Gasteiger partial charge >= 0.3 is 5.97 Å². The molecule has 1 aliphatic carbocycles. The lowest BCUT2D eigenvalue weighted by Crippen LogP contribution is -2.31. The third-order valence-corrected chi connectivity index (χ3v) is 4.65. The predicted octanol–water partition coefficient (Wildman–Crippen LogP) is 1.11. The largest absolute Gasteiger partial charge is 0.506 e. The zero-order valence-electron chi connectivity index (χ0n) is 13.0. The number of fused-ring (bicyclic) bond motifs is 1. The van der Waals surface area contributed by atoms with Gasteiger partial charge in [0.25, 0.3) is 0 Å². The van der Waals surface area contributed by atoms with Gasteiger partial charge in [-0.3, -0.25) is 9.59 Å². The summed E-state index contributed by atoms with van der Waals surface area (Å²) in [5.41, 5.74) is 0.568. The number of nitrogens with one attached hydrogen (secondary N) is 2. The van der Waals surface area contributed by atoms with Crippen molar-refractivity contribution in [3.8, 4) is 5.75 Å². The number of benzene rings is 1. The molecule has 1 aromatic heterocycles. The minimum Gasteiger partial charge on any atom is -0.506 e. The van der Waals surface area contributed by atoms with Crippen molar-refractivity contribution in [2.24, 2.45) is 5.92 Å². The first-order valence-corrected chi connectivity index (χ1v) is 7.95. The van der Waals surface area contributed by atoms with Crippen molar-refractivity contribution in [1.82, 2.24) is 10.3 Å². The molecular formula is C17H20N2O5. The monoisotopic (exact) mass is 332 g/mol. The zero-order chi connectivity index (χ0) is 17.3. The molecule has 0 radical (unpaired) electrons. The highest BCUT2D eigenvalue weighted by Crippen LogP contribution is 2.29. The lowest BCUT2D eigenvalue weighted by Gasteiger charge is -2.18. The Balaban J connectivity index is 1.73. The molecule has 1 heterocycles. The van der Waals surface area contributed by atoms with Gasteiger partial charge in [0.2, 0.25) is 5.56 Å². The van der Waals surface area contributed by atoms with Gasteiger partial charge in [-0.25, -0.2) is 0 Å². The van der Waals surface area contributed by atoms with E-state index in [0.717, 1.165) is 6.42 Å². The summed E-state index contributed by atoms with van der Waals surface area (Å²) in [6.45, 7) is 0.274. The first-order chi connectivity index (χ1) is 11.5. The second-order valence-electron chi connectivity index (χ2n) is 6.25. The number of aliphatic hydroxyl groups is 1. The van der Waals surface area contributed by atoms with Crippen LogP contribution < -0.4 is 10.9 Å². The predicted molar refractivity (Wildman–Crippen MR) is 88.0 cm³/mol. The van der Waals surface area contributed by atoms with Crippen LogP contribution in [0.25, 0.3) is 10.9 Å². The van der Waals surface area contributed by atoms with Crippen molar-refractivity contribution < 1.29 is 20.1 Å². The number of aromatic hydroxyl groups is 1. The van der Waals surface area contributed by atoms with Gasteiger partial charge in [0.1, 0.15) is 5.75 Å². The van der Waals surface area contributed by atoms with E-state index in [1.54, 1.807) is 12.1 Å². The number of rotatable bonds is 5. The Labute approximate surface area is 138 Å². The highest BCUT2D eigenvalue weighted by molar-refractivity contribution is 5.87. The van der Waals surface area contributed by atoms with Crippen molar-refractivity contribution >= 4 is 16.9 Å². The summed E-state index contributed by atoms with van der Waals surface area (Å²) in [5.74, 6) is -1.14. The van der Waals surface area contributed by atoms with Crippen LogP contribution in [0.3, 0.4) is 0 Å². The van der Waals surface area contributed by atoms with E-state index in [-0.39, 0.29) is 29.8 Å². The number of phenolic OH excluding ortho intramolecular Hbond substituents is 1. The number of aliphatic carboxylic acids is 1. The summed E-state index contributed by atoms with van der Waals surface area (Å²) in [4.78, 5) is 25.0. The van der Waals surface area contributed by atoms with Crippen LogP contribution in [0.1, 0.15) is 30.9 Å². The molecule has 1 aliphatic rings. The van der Waals surface area contributed by atoms with Crippen LogP contribution in [0, 0.1) is 5.92 Å². The summed E-state index contributed by atoms with van der Waals surface area (Å²) in [6.07, 6.45) is 1.15. The Morgan fingerprint density at radius 1 is 1.29 bits per heavy atom. The third kappa shape index (κ3) is 3.27. The minimum atomic E-state index is -0.831. The molecule has 2 aromatic rings. The van der Waals surface area contributed by atoms with Crippen molar-refractivity contribution in [2.45, 2.75) is 31.4 Å². The second-order valence-corrected chi connectivity index (χ2v) is 6.25. The Morgan fingerprint density at radius 3 is 2.79 bits per heavy atom. The topological polar surface area (TPSA) is 123 Å². The van der Waals surface area contributed by atoms with Gasteiger partial charge in [-0.1, -0.05) is 6.07 Å². The molecule has 3 rings (SSSR count). The van der Waals surface area contributed by atoms with Crippen LogP contribution >= 0.6 is 0 Å². The molecule has 1 saturated carbocycles. The van der Waals surface area contributed by atoms with Gasteiger partial charge in [-0.05, 0) is 37.0 Å². The number of carboxylic acids is 1. The molecule has 0 spiro atoms. The van der Waals surface area contributed by atoms with E-state index in [1.807, 2.05) is 0 Å². The fraction of sp³-hybridized carbons (Fsp3) is 0.412. The van der Waals surface area contributed by atoms with Gasteiger partial charge in [0, 0.05) is 24.0 Å². The first-order valence-electron chi connectivity index (χ1n) is 7.95. The van der Waals surface area contributed by atoms with E-state index in [9.17, 15) is 19.8 Å². The lowest BCUT2D eigenvalue weighted by molar-refractivity contribution is -0.141. The minimum absolute atomic E-state index is 0.0493. The van der Waals surface area contributed by atoms with Gasteiger partial charge < -0.3 is 25.6 Å². The van der Waals surface area contributed by atoms with Crippen LogP contribution in [0.4, 0.5) is 0 Å². The summed E-state index contributed by atoms with van der Waals surface area (Å²) in [6, 6.07) is 6.05. The van der Waals surface area contributed by atoms with E-state index in [4.69, 9.17) is 5.11 Å². The van der Waals surface area contributed by atoms with Gasteiger partial charge in [-0.15, -0.1) is 0 Å². The number of phenols is 1. The number of aromatic nitrogens is 1. The summed E-state index contributed by atoms with van der Waals surface area (Å²) in [5, 5.41) is 33.1. The Hall–Kier alpha value is -2.38. The van der Waals surface area contributed by atoms with Crippen LogP contribution in [0.5, 0.6) is 5.75 Å². The zero-order valence-corrected chi connectivity index (χ0v) is 13.0. The number of hydrogen-bond acceptors (Lipinski definition) is 5. The number of aromatic amines is 1. The number of carboxylic acid groups (broad SMARTS) is 1. The van der Waals surface area contributed by atoms with Gasteiger partial charge in [-0.2, -0.15) is 0 Å². The molecule has 0 amide bonds. The molecule has 1 aromatic carbocycles.